The molecule has 1 aromatic rings. The van der Waals surface area contributed by atoms with Crippen LogP contribution in [0.25, 0.3) is 0 Å². The van der Waals surface area contributed by atoms with Crippen molar-refractivity contribution in [2.75, 3.05) is 26.4 Å². The molecule has 1 aliphatic heterocycles. The van der Waals surface area contributed by atoms with E-state index in [4.69, 9.17) is 9.47 Å². The third kappa shape index (κ3) is 5.68. The number of hydrogen-bond donors (Lipinski definition) is 1. The lowest BCUT2D eigenvalue weighted by Crippen LogP contribution is -2.41. The fourth-order valence-electron chi connectivity index (χ4n) is 2.89. The van der Waals surface area contributed by atoms with E-state index in [0.29, 0.717) is 11.5 Å². The van der Waals surface area contributed by atoms with Crippen LogP contribution in [0.1, 0.15) is 39.5 Å². The summed E-state index contributed by atoms with van der Waals surface area (Å²) in [6, 6.07) is 10.6. The molecule has 2 rings (SSSR count). The van der Waals surface area contributed by atoms with Crippen LogP contribution in [0.4, 0.5) is 0 Å². The van der Waals surface area contributed by atoms with Gasteiger partial charge >= 0.3 is 0 Å². The first-order valence-corrected chi connectivity index (χ1v) is 8.19. The van der Waals surface area contributed by atoms with E-state index in [-0.39, 0.29) is 0 Å². The van der Waals surface area contributed by atoms with E-state index in [0.717, 1.165) is 51.4 Å². The molecule has 0 unspecified atom stereocenters. The normalized spacial score (nSPS) is 17.9. The minimum Gasteiger partial charge on any atom is -0.494 e. The summed E-state index contributed by atoms with van der Waals surface area (Å²) >= 11 is 0. The Hall–Kier alpha value is -1.06. The molecule has 118 valence electrons. The molecule has 0 bridgehead atoms. The third-order valence-corrected chi connectivity index (χ3v) is 4.30. The standard InChI is InChI=1S/C18H29NO2/c1-16(2)19-15-18(10-13-20-14-11-18)9-6-12-21-17-7-4-3-5-8-17/h3-5,7-8,16,19H,6,9-15H2,1-2H3. The second kappa shape index (κ2) is 8.40. The lowest BCUT2D eigenvalue weighted by Gasteiger charge is -2.38. The summed E-state index contributed by atoms with van der Waals surface area (Å²) in [7, 11) is 0. The highest BCUT2D eigenvalue weighted by atomic mass is 16.5. The molecule has 0 aromatic heterocycles. The summed E-state index contributed by atoms with van der Waals surface area (Å²) in [5.74, 6) is 0.971. The lowest BCUT2D eigenvalue weighted by atomic mass is 9.76. The summed E-state index contributed by atoms with van der Waals surface area (Å²) < 4.78 is 11.4. The molecule has 0 atom stereocenters. The van der Waals surface area contributed by atoms with Crippen molar-refractivity contribution < 1.29 is 9.47 Å². The van der Waals surface area contributed by atoms with Crippen LogP contribution in [-0.4, -0.2) is 32.4 Å². The van der Waals surface area contributed by atoms with Gasteiger partial charge in [-0.15, -0.1) is 0 Å². The van der Waals surface area contributed by atoms with Gasteiger partial charge in [0.25, 0.3) is 0 Å². The molecule has 0 saturated carbocycles. The fraction of sp³-hybridized carbons (Fsp3) is 0.667. The molecule has 3 heteroatoms. The zero-order chi connectivity index (χ0) is 15.0. The van der Waals surface area contributed by atoms with Gasteiger partial charge in [0.2, 0.25) is 0 Å². The molecule has 0 radical (unpaired) electrons. The SMILES string of the molecule is CC(C)NCC1(CCCOc2ccccc2)CCOCC1. The van der Waals surface area contributed by atoms with Gasteiger partial charge in [0.05, 0.1) is 6.61 Å². The van der Waals surface area contributed by atoms with Crippen molar-refractivity contribution in [2.24, 2.45) is 5.41 Å². The van der Waals surface area contributed by atoms with Gasteiger partial charge in [-0.25, -0.2) is 0 Å². The highest BCUT2D eigenvalue weighted by Gasteiger charge is 2.31. The molecular weight excluding hydrogens is 262 g/mol. The number of ether oxygens (including phenoxy) is 2. The molecule has 3 nitrogen and oxygen atoms in total. The number of hydrogen-bond acceptors (Lipinski definition) is 3. The molecular formula is C18H29NO2. The molecule has 21 heavy (non-hydrogen) atoms. The van der Waals surface area contributed by atoms with Gasteiger partial charge in [-0.2, -0.15) is 0 Å². The number of rotatable bonds is 8. The average Bonchev–Trinajstić information content (AvgIpc) is 2.52. The summed E-state index contributed by atoms with van der Waals surface area (Å²) in [6.07, 6.45) is 4.65. The summed E-state index contributed by atoms with van der Waals surface area (Å²) in [5.41, 5.74) is 0.391. The van der Waals surface area contributed by atoms with Crippen molar-refractivity contribution in [1.29, 1.82) is 0 Å². The first-order valence-electron chi connectivity index (χ1n) is 8.19. The fourth-order valence-corrected chi connectivity index (χ4v) is 2.89. The van der Waals surface area contributed by atoms with Crippen molar-refractivity contribution in [2.45, 2.75) is 45.6 Å². The Morgan fingerprint density at radius 1 is 1.19 bits per heavy atom. The van der Waals surface area contributed by atoms with Crippen LogP contribution in [0.15, 0.2) is 30.3 Å². The van der Waals surface area contributed by atoms with E-state index < -0.39 is 0 Å². The van der Waals surface area contributed by atoms with Gasteiger partial charge in [0.1, 0.15) is 5.75 Å². The van der Waals surface area contributed by atoms with E-state index >= 15 is 0 Å². The quantitative estimate of drug-likeness (QED) is 0.742. The van der Waals surface area contributed by atoms with Crippen LogP contribution in [0.3, 0.4) is 0 Å². The first-order chi connectivity index (χ1) is 10.2. The van der Waals surface area contributed by atoms with Crippen LogP contribution in [0.2, 0.25) is 0 Å². The van der Waals surface area contributed by atoms with Crippen molar-refractivity contribution in [3.05, 3.63) is 30.3 Å². The highest BCUT2D eigenvalue weighted by molar-refractivity contribution is 5.20. The summed E-state index contributed by atoms with van der Waals surface area (Å²) in [4.78, 5) is 0. The van der Waals surface area contributed by atoms with Crippen molar-refractivity contribution >= 4 is 0 Å². The van der Waals surface area contributed by atoms with Gasteiger partial charge in [-0.1, -0.05) is 32.0 Å². The Morgan fingerprint density at radius 2 is 1.90 bits per heavy atom. The molecule has 1 aromatic carbocycles. The van der Waals surface area contributed by atoms with E-state index in [9.17, 15) is 0 Å². The van der Waals surface area contributed by atoms with Gasteiger partial charge in [0, 0.05) is 25.8 Å². The molecule has 0 amide bonds. The van der Waals surface area contributed by atoms with E-state index in [1.165, 1.54) is 6.42 Å². The Balaban J connectivity index is 1.76. The van der Waals surface area contributed by atoms with Crippen molar-refractivity contribution in [3.8, 4) is 5.75 Å². The van der Waals surface area contributed by atoms with E-state index in [2.05, 4.69) is 19.2 Å². The van der Waals surface area contributed by atoms with Crippen LogP contribution in [0.5, 0.6) is 5.75 Å². The second-order valence-electron chi connectivity index (χ2n) is 6.41. The number of para-hydroxylation sites is 1. The largest absolute Gasteiger partial charge is 0.494 e. The first kappa shape index (κ1) is 16.3. The zero-order valence-electron chi connectivity index (χ0n) is 13.4. The van der Waals surface area contributed by atoms with Gasteiger partial charge in [0.15, 0.2) is 0 Å². The highest BCUT2D eigenvalue weighted by Crippen LogP contribution is 2.35. The topological polar surface area (TPSA) is 30.5 Å². The maximum atomic E-state index is 5.82. The van der Waals surface area contributed by atoms with Crippen LogP contribution >= 0.6 is 0 Å². The molecule has 0 spiro atoms. The van der Waals surface area contributed by atoms with Crippen LogP contribution in [0, 0.1) is 5.41 Å². The van der Waals surface area contributed by atoms with Gasteiger partial charge < -0.3 is 14.8 Å². The van der Waals surface area contributed by atoms with Gasteiger partial charge in [-0.05, 0) is 43.2 Å². The maximum absolute atomic E-state index is 5.82. The van der Waals surface area contributed by atoms with Gasteiger partial charge in [-0.3, -0.25) is 0 Å². The lowest BCUT2D eigenvalue weighted by molar-refractivity contribution is 0.00697. The molecule has 1 N–H and O–H groups in total. The van der Waals surface area contributed by atoms with Crippen LogP contribution in [-0.2, 0) is 4.74 Å². The average molecular weight is 291 g/mol. The Labute approximate surface area is 129 Å². The number of nitrogens with one attached hydrogen (secondary N) is 1. The molecule has 1 fully saturated rings. The Bertz CT molecular complexity index is 385. The Kier molecular flexibility index (Phi) is 6.52. The molecule has 0 aliphatic carbocycles. The Morgan fingerprint density at radius 3 is 2.57 bits per heavy atom. The number of benzene rings is 1. The van der Waals surface area contributed by atoms with Crippen molar-refractivity contribution in [1.82, 2.24) is 5.32 Å². The zero-order valence-corrected chi connectivity index (χ0v) is 13.4. The van der Waals surface area contributed by atoms with E-state index in [1.807, 2.05) is 30.3 Å². The van der Waals surface area contributed by atoms with Crippen LogP contribution < -0.4 is 10.1 Å². The van der Waals surface area contributed by atoms with Crippen molar-refractivity contribution in [3.63, 3.8) is 0 Å². The molecule has 1 heterocycles. The third-order valence-electron chi connectivity index (χ3n) is 4.30. The molecule has 1 aliphatic rings. The summed E-state index contributed by atoms with van der Waals surface area (Å²) in [5, 5.41) is 3.62. The summed E-state index contributed by atoms with van der Waals surface area (Å²) in [6.45, 7) is 8.13. The minimum absolute atomic E-state index is 0.391. The second-order valence-corrected chi connectivity index (χ2v) is 6.41. The smallest absolute Gasteiger partial charge is 0.119 e. The minimum atomic E-state index is 0.391. The predicted molar refractivity (Wildman–Crippen MR) is 86.8 cm³/mol. The maximum Gasteiger partial charge on any atom is 0.119 e. The molecule has 1 saturated heterocycles. The monoisotopic (exact) mass is 291 g/mol. The predicted octanol–water partition coefficient (Wildman–Crippen LogP) is 3.64. The van der Waals surface area contributed by atoms with E-state index in [1.54, 1.807) is 0 Å².